The fourth-order valence-corrected chi connectivity index (χ4v) is 2.75. The highest BCUT2D eigenvalue weighted by atomic mass is 32.2. The lowest BCUT2D eigenvalue weighted by molar-refractivity contribution is 0.342. The van der Waals surface area contributed by atoms with Crippen molar-refractivity contribution >= 4 is 11.8 Å². The molecule has 1 saturated heterocycles. The van der Waals surface area contributed by atoms with Crippen molar-refractivity contribution in [3.05, 3.63) is 24.0 Å². The Morgan fingerprint density at radius 1 is 1.53 bits per heavy atom. The van der Waals surface area contributed by atoms with Crippen LogP contribution in [0.5, 0.6) is 0 Å². The van der Waals surface area contributed by atoms with E-state index in [1.165, 1.54) is 0 Å². The summed E-state index contributed by atoms with van der Waals surface area (Å²) in [5.41, 5.74) is 0.892. The van der Waals surface area contributed by atoms with Gasteiger partial charge in [-0.15, -0.1) is 0 Å². The summed E-state index contributed by atoms with van der Waals surface area (Å²) in [5.74, 6) is 4.18. The van der Waals surface area contributed by atoms with Gasteiger partial charge < -0.3 is 14.3 Å². The molecule has 0 aliphatic carbocycles. The molecule has 1 atom stereocenters. The number of thioether (sulfide) groups is 1. The first-order chi connectivity index (χ1) is 8.34. The monoisotopic (exact) mass is 251 g/mol. The van der Waals surface area contributed by atoms with E-state index < -0.39 is 0 Å². The van der Waals surface area contributed by atoms with Gasteiger partial charge in [0.15, 0.2) is 0 Å². The van der Waals surface area contributed by atoms with E-state index in [4.69, 9.17) is 8.94 Å². The summed E-state index contributed by atoms with van der Waals surface area (Å²) in [6.07, 6.45) is 1.63. The topological polar surface area (TPSA) is 64.1 Å². The van der Waals surface area contributed by atoms with E-state index in [0.717, 1.165) is 29.4 Å². The Kier molecular flexibility index (Phi) is 2.90. The highest BCUT2D eigenvalue weighted by Gasteiger charge is 2.22. The molecule has 0 aromatic carbocycles. The maximum Gasteiger partial charge on any atom is 0.244 e. The van der Waals surface area contributed by atoms with Crippen molar-refractivity contribution in [1.82, 2.24) is 15.5 Å². The Labute approximate surface area is 103 Å². The molecule has 1 aliphatic rings. The summed E-state index contributed by atoms with van der Waals surface area (Å²) in [5, 5.41) is 7.37. The molecule has 0 amide bonds. The molecule has 1 unspecified atom stereocenters. The van der Waals surface area contributed by atoms with Crippen LogP contribution in [0, 0.1) is 6.92 Å². The van der Waals surface area contributed by atoms with E-state index in [9.17, 15) is 0 Å². The molecule has 1 N–H and O–H groups in total. The zero-order valence-corrected chi connectivity index (χ0v) is 10.3. The van der Waals surface area contributed by atoms with Crippen molar-refractivity contribution in [3.8, 4) is 11.4 Å². The van der Waals surface area contributed by atoms with Gasteiger partial charge in [-0.1, -0.05) is 5.16 Å². The molecule has 90 valence electrons. The van der Waals surface area contributed by atoms with E-state index in [1.54, 1.807) is 6.26 Å². The first-order valence-corrected chi connectivity index (χ1v) is 6.69. The fraction of sp³-hybridized carbons (Fsp3) is 0.455. The molecule has 2 aromatic heterocycles. The van der Waals surface area contributed by atoms with Crippen LogP contribution in [0.25, 0.3) is 11.4 Å². The van der Waals surface area contributed by atoms with Crippen LogP contribution >= 0.6 is 11.8 Å². The molecule has 3 rings (SSSR count). The number of hydrogen-bond acceptors (Lipinski definition) is 6. The van der Waals surface area contributed by atoms with Crippen molar-refractivity contribution in [2.75, 3.05) is 18.1 Å². The Bertz CT molecular complexity index is 502. The van der Waals surface area contributed by atoms with Crippen molar-refractivity contribution in [3.63, 3.8) is 0 Å². The van der Waals surface area contributed by atoms with Gasteiger partial charge in [-0.05, 0) is 13.0 Å². The third kappa shape index (κ3) is 2.10. The molecule has 0 saturated carbocycles. The van der Waals surface area contributed by atoms with Crippen LogP contribution in [0.4, 0.5) is 0 Å². The number of nitrogens with one attached hydrogen (secondary N) is 1. The zero-order chi connectivity index (χ0) is 11.7. The normalized spacial score (nSPS) is 20.6. The van der Waals surface area contributed by atoms with E-state index in [1.807, 2.05) is 24.8 Å². The minimum atomic E-state index is 0.169. The first kappa shape index (κ1) is 10.9. The third-order valence-electron chi connectivity index (χ3n) is 2.76. The van der Waals surface area contributed by atoms with Gasteiger partial charge in [0.2, 0.25) is 11.7 Å². The third-order valence-corrected chi connectivity index (χ3v) is 3.82. The van der Waals surface area contributed by atoms with Gasteiger partial charge in [0, 0.05) is 18.1 Å². The number of nitrogens with zero attached hydrogens (tertiary/aromatic N) is 2. The number of aromatic nitrogens is 2. The molecule has 1 fully saturated rings. The highest BCUT2D eigenvalue weighted by Crippen LogP contribution is 2.25. The van der Waals surface area contributed by atoms with Crippen LogP contribution in [0.1, 0.15) is 17.7 Å². The van der Waals surface area contributed by atoms with E-state index >= 15 is 0 Å². The van der Waals surface area contributed by atoms with Gasteiger partial charge in [0.1, 0.15) is 5.76 Å². The van der Waals surface area contributed by atoms with Crippen LogP contribution in [0.15, 0.2) is 21.3 Å². The second kappa shape index (κ2) is 4.54. The van der Waals surface area contributed by atoms with Crippen LogP contribution < -0.4 is 5.32 Å². The largest absolute Gasteiger partial charge is 0.469 e. The zero-order valence-electron chi connectivity index (χ0n) is 9.47. The van der Waals surface area contributed by atoms with Crippen molar-refractivity contribution < 1.29 is 8.94 Å². The average molecular weight is 251 g/mol. The van der Waals surface area contributed by atoms with Crippen LogP contribution in [-0.2, 0) is 0 Å². The lowest BCUT2D eigenvalue weighted by atomic mass is 10.2. The number of rotatable bonds is 2. The average Bonchev–Trinajstić information content (AvgIpc) is 2.98. The standard InChI is InChI=1S/C11H13N3O2S/c1-7-8(2-4-15-7)10-13-11(16-14-10)9-6-17-5-3-12-9/h2,4,9,12H,3,5-6H2,1H3. The molecule has 3 heterocycles. The van der Waals surface area contributed by atoms with Crippen LogP contribution in [0.2, 0.25) is 0 Å². The van der Waals surface area contributed by atoms with Gasteiger partial charge in [-0.25, -0.2) is 0 Å². The summed E-state index contributed by atoms with van der Waals surface area (Å²) in [4.78, 5) is 4.42. The molecule has 0 bridgehead atoms. The molecular formula is C11H13N3O2S. The van der Waals surface area contributed by atoms with Crippen molar-refractivity contribution in [2.24, 2.45) is 0 Å². The van der Waals surface area contributed by atoms with E-state index in [2.05, 4.69) is 15.5 Å². The Hall–Kier alpha value is -1.27. The minimum Gasteiger partial charge on any atom is -0.469 e. The summed E-state index contributed by atoms with van der Waals surface area (Å²) in [6.45, 7) is 2.87. The molecule has 2 aromatic rings. The van der Waals surface area contributed by atoms with Gasteiger partial charge in [-0.2, -0.15) is 16.7 Å². The maximum atomic E-state index is 5.30. The maximum absolute atomic E-state index is 5.30. The van der Waals surface area contributed by atoms with Crippen molar-refractivity contribution in [1.29, 1.82) is 0 Å². The Balaban J connectivity index is 1.85. The lowest BCUT2D eigenvalue weighted by Crippen LogP contribution is -2.30. The summed E-state index contributed by atoms with van der Waals surface area (Å²) < 4.78 is 10.5. The summed E-state index contributed by atoms with van der Waals surface area (Å²) in [7, 11) is 0. The molecular weight excluding hydrogens is 238 g/mol. The predicted molar refractivity (Wildman–Crippen MR) is 64.8 cm³/mol. The number of aryl methyl sites for hydroxylation is 1. The summed E-state index contributed by atoms with van der Waals surface area (Å²) in [6, 6.07) is 2.02. The smallest absolute Gasteiger partial charge is 0.244 e. The highest BCUT2D eigenvalue weighted by molar-refractivity contribution is 7.99. The molecule has 6 heteroatoms. The second-order valence-corrected chi connectivity index (χ2v) is 5.08. The number of hydrogen-bond donors (Lipinski definition) is 1. The molecule has 17 heavy (non-hydrogen) atoms. The van der Waals surface area contributed by atoms with Gasteiger partial charge in [0.25, 0.3) is 0 Å². The fourth-order valence-electron chi connectivity index (χ4n) is 1.83. The first-order valence-electron chi connectivity index (χ1n) is 5.54. The Morgan fingerprint density at radius 2 is 2.47 bits per heavy atom. The van der Waals surface area contributed by atoms with Crippen LogP contribution in [-0.4, -0.2) is 28.2 Å². The van der Waals surface area contributed by atoms with Gasteiger partial charge in [-0.3, -0.25) is 0 Å². The molecule has 0 spiro atoms. The second-order valence-electron chi connectivity index (χ2n) is 3.93. The van der Waals surface area contributed by atoms with Crippen molar-refractivity contribution in [2.45, 2.75) is 13.0 Å². The Morgan fingerprint density at radius 3 is 3.18 bits per heavy atom. The van der Waals surface area contributed by atoms with E-state index in [-0.39, 0.29) is 6.04 Å². The lowest BCUT2D eigenvalue weighted by Gasteiger charge is -2.19. The van der Waals surface area contributed by atoms with Crippen LogP contribution in [0.3, 0.4) is 0 Å². The quantitative estimate of drug-likeness (QED) is 0.881. The van der Waals surface area contributed by atoms with E-state index in [0.29, 0.717) is 11.7 Å². The molecule has 1 aliphatic heterocycles. The van der Waals surface area contributed by atoms with Gasteiger partial charge in [0.05, 0.1) is 17.9 Å². The molecule has 5 nitrogen and oxygen atoms in total. The number of furan rings is 1. The SMILES string of the molecule is Cc1occc1-c1noc(C2CSCCN2)n1. The minimum absolute atomic E-state index is 0.169. The van der Waals surface area contributed by atoms with Gasteiger partial charge >= 0.3 is 0 Å². The molecule has 0 radical (unpaired) electrons. The predicted octanol–water partition coefficient (Wildman–Crippen LogP) is 2.02. The summed E-state index contributed by atoms with van der Waals surface area (Å²) >= 11 is 1.90.